The molecule has 0 unspecified atom stereocenters. The number of carbonyl (C=O) groups is 1. The number of likely N-dealkylation sites (N-methyl/N-ethyl adjacent to an activating group) is 1. The van der Waals surface area contributed by atoms with Gasteiger partial charge in [-0.15, -0.1) is 11.3 Å². The molecule has 0 aliphatic carbocycles. The Morgan fingerprint density at radius 3 is 2.66 bits per heavy atom. The monoisotopic (exact) mass is 412 g/mol. The van der Waals surface area contributed by atoms with Gasteiger partial charge in [0.1, 0.15) is 22.2 Å². The van der Waals surface area contributed by atoms with Crippen LogP contribution in [0.5, 0.6) is 5.75 Å². The lowest BCUT2D eigenvalue weighted by atomic mass is 10.1. The van der Waals surface area contributed by atoms with Crippen LogP contribution in [0.25, 0.3) is 10.2 Å². The molecule has 0 radical (unpaired) electrons. The first-order chi connectivity index (χ1) is 14.0. The Morgan fingerprint density at radius 2 is 1.93 bits per heavy atom. The van der Waals surface area contributed by atoms with Crippen molar-refractivity contribution in [2.24, 2.45) is 0 Å². The first kappa shape index (κ1) is 19.6. The third-order valence-corrected chi connectivity index (χ3v) is 6.55. The number of carbonyl (C=O) groups excluding carboxylic acids is 1. The lowest BCUT2D eigenvalue weighted by Gasteiger charge is -2.31. The van der Waals surface area contributed by atoms with Crippen LogP contribution in [0.15, 0.2) is 24.3 Å². The van der Waals surface area contributed by atoms with E-state index in [-0.39, 0.29) is 5.91 Å². The van der Waals surface area contributed by atoms with Crippen LogP contribution < -0.4 is 19.9 Å². The van der Waals surface area contributed by atoms with Crippen LogP contribution in [0.2, 0.25) is 0 Å². The van der Waals surface area contributed by atoms with E-state index in [1.165, 1.54) is 16.2 Å². The molecule has 8 heteroatoms. The summed E-state index contributed by atoms with van der Waals surface area (Å²) in [5, 5.41) is 3.97. The second-order valence-electron chi connectivity index (χ2n) is 7.43. The van der Waals surface area contributed by atoms with E-state index < -0.39 is 0 Å². The molecule has 1 saturated heterocycles. The Kier molecular flexibility index (Phi) is 5.38. The highest BCUT2D eigenvalue weighted by molar-refractivity contribution is 7.20. The average molecular weight is 413 g/mol. The van der Waals surface area contributed by atoms with Gasteiger partial charge >= 0.3 is 0 Å². The van der Waals surface area contributed by atoms with E-state index in [2.05, 4.69) is 22.2 Å². The Balaban J connectivity index is 1.72. The highest BCUT2D eigenvalue weighted by Gasteiger charge is 2.25. The molecule has 2 aromatic heterocycles. The fraction of sp³-hybridized carbons (Fsp3) is 0.381. The quantitative estimate of drug-likeness (QED) is 0.685. The summed E-state index contributed by atoms with van der Waals surface area (Å²) in [6.45, 7) is 7.96. The number of piperazine rings is 1. The molecular weight excluding hydrogens is 386 g/mol. The standard InChI is InChI=1S/C21H25N5O2S/c1-13-17-19(26-11-9-25(3)10-12-26)22-14(2)23-21(17)29-18(13)20(27)24-15-7-5-6-8-16(15)28-4/h5-8H,9-12H2,1-4H3,(H,24,27)/p+1. The number of fused-ring (bicyclic) bond motifs is 1. The van der Waals surface area contributed by atoms with E-state index in [0.717, 1.165) is 53.6 Å². The fourth-order valence-corrected chi connectivity index (χ4v) is 4.81. The van der Waals surface area contributed by atoms with E-state index in [4.69, 9.17) is 9.72 Å². The zero-order valence-electron chi connectivity index (χ0n) is 17.2. The maximum atomic E-state index is 13.1. The number of hydrogen-bond acceptors (Lipinski definition) is 6. The van der Waals surface area contributed by atoms with E-state index >= 15 is 0 Å². The fourth-order valence-electron chi connectivity index (χ4n) is 3.69. The van der Waals surface area contributed by atoms with Crippen molar-refractivity contribution >= 4 is 39.0 Å². The van der Waals surface area contributed by atoms with Gasteiger partial charge < -0.3 is 19.9 Å². The first-order valence-corrected chi connectivity index (χ1v) is 10.6. The van der Waals surface area contributed by atoms with Crippen LogP contribution in [0.3, 0.4) is 0 Å². The minimum absolute atomic E-state index is 0.151. The van der Waals surface area contributed by atoms with Crippen molar-refractivity contribution in [2.75, 3.05) is 50.6 Å². The van der Waals surface area contributed by atoms with Gasteiger partial charge in [0.25, 0.3) is 5.91 Å². The van der Waals surface area contributed by atoms with E-state index in [1.54, 1.807) is 7.11 Å². The topological polar surface area (TPSA) is 71.8 Å². The molecule has 1 aliphatic heterocycles. The van der Waals surface area contributed by atoms with Crippen molar-refractivity contribution < 1.29 is 14.4 Å². The summed E-state index contributed by atoms with van der Waals surface area (Å²) < 4.78 is 5.35. The van der Waals surface area contributed by atoms with Gasteiger partial charge in [-0.2, -0.15) is 0 Å². The summed E-state index contributed by atoms with van der Waals surface area (Å²) in [7, 11) is 3.81. The molecule has 152 valence electrons. The third-order valence-electron chi connectivity index (χ3n) is 5.36. The van der Waals surface area contributed by atoms with Crippen molar-refractivity contribution in [3.63, 3.8) is 0 Å². The maximum Gasteiger partial charge on any atom is 0.266 e. The number of ether oxygens (including phenoxy) is 1. The molecule has 0 saturated carbocycles. The van der Waals surface area contributed by atoms with Crippen LogP contribution in [-0.4, -0.2) is 56.2 Å². The van der Waals surface area contributed by atoms with Gasteiger partial charge in [0.2, 0.25) is 0 Å². The number of quaternary nitrogens is 1. The number of nitrogens with one attached hydrogen (secondary N) is 2. The number of hydrogen-bond donors (Lipinski definition) is 2. The number of amides is 1. The molecule has 7 nitrogen and oxygen atoms in total. The van der Waals surface area contributed by atoms with Crippen molar-refractivity contribution in [3.05, 3.63) is 40.5 Å². The Morgan fingerprint density at radius 1 is 1.21 bits per heavy atom. The number of thiophene rings is 1. The van der Waals surface area contributed by atoms with Gasteiger partial charge in [-0.1, -0.05) is 12.1 Å². The largest absolute Gasteiger partial charge is 0.495 e. The minimum Gasteiger partial charge on any atom is -0.495 e. The van der Waals surface area contributed by atoms with Crippen molar-refractivity contribution in [2.45, 2.75) is 13.8 Å². The number of nitrogens with zero attached hydrogens (tertiary/aromatic N) is 3. The molecule has 1 aromatic carbocycles. The number of rotatable bonds is 4. The number of aryl methyl sites for hydroxylation is 2. The van der Waals surface area contributed by atoms with Gasteiger partial charge in [-0.05, 0) is 31.5 Å². The predicted molar refractivity (Wildman–Crippen MR) is 117 cm³/mol. The number of anilines is 2. The summed E-state index contributed by atoms with van der Waals surface area (Å²) in [4.78, 5) is 27.8. The lowest BCUT2D eigenvalue weighted by Crippen LogP contribution is -3.12. The van der Waals surface area contributed by atoms with Gasteiger partial charge in [0.15, 0.2) is 0 Å². The van der Waals surface area contributed by atoms with Crippen LogP contribution in [0, 0.1) is 13.8 Å². The number of methoxy groups -OCH3 is 1. The Hall–Kier alpha value is -2.71. The van der Waals surface area contributed by atoms with E-state index in [0.29, 0.717) is 16.3 Å². The second kappa shape index (κ2) is 7.96. The van der Waals surface area contributed by atoms with Crippen molar-refractivity contribution in [3.8, 4) is 5.75 Å². The Bertz CT molecular complexity index is 1060. The lowest BCUT2D eigenvalue weighted by molar-refractivity contribution is -0.880. The summed E-state index contributed by atoms with van der Waals surface area (Å²) in [6.07, 6.45) is 0. The van der Waals surface area contributed by atoms with Gasteiger partial charge in [-0.3, -0.25) is 4.79 Å². The smallest absolute Gasteiger partial charge is 0.266 e. The minimum atomic E-state index is -0.151. The molecule has 3 heterocycles. The molecule has 2 N–H and O–H groups in total. The number of benzene rings is 1. The molecule has 1 fully saturated rings. The SMILES string of the molecule is COc1ccccc1NC(=O)c1sc2nc(C)nc(N3CC[NH+](C)CC3)c2c1C. The molecule has 1 amide bonds. The first-order valence-electron chi connectivity index (χ1n) is 9.76. The second-order valence-corrected chi connectivity index (χ2v) is 8.43. The highest BCUT2D eigenvalue weighted by Crippen LogP contribution is 2.36. The van der Waals surface area contributed by atoms with E-state index in [9.17, 15) is 4.79 Å². The molecule has 0 atom stereocenters. The van der Waals surface area contributed by atoms with Crippen molar-refractivity contribution in [1.29, 1.82) is 0 Å². The van der Waals surface area contributed by atoms with Gasteiger partial charge in [-0.25, -0.2) is 9.97 Å². The average Bonchev–Trinajstić information content (AvgIpc) is 3.04. The van der Waals surface area contributed by atoms with Crippen LogP contribution in [0.1, 0.15) is 21.1 Å². The van der Waals surface area contributed by atoms with Gasteiger partial charge in [0, 0.05) is 0 Å². The summed E-state index contributed by atoms with van der Waals surface area (Å²) in [6, 6.07) is 7.41. The molecule has 0 spiro atoms. The number of para-hydroxylation sites is 2. The molecule has 3 aromatic rings. The molecule has 4 rings (SSSR count). The van der Waals surface area contributed by atoms with Crippen LogP contribution in [0.4, 0.5) is 11.5 Å². The third kappa shape index (κ3) is 3.77. The van der Waals surface area contributed by atoms with Crippen LogP contribution in [-0.2, 0) is 0 Å². The Labute approximate surface area is 174 Å². The maximum absolute atomic E-state index is 13.1. The zero-order valence-corrected chi connectivity index (χ0v) is 18.0. The predicted octanol–water partition coefficient (Wildman–Crippen LogP) is 1.90. The highest BCUT2D eigenvalue weighted by atomic mass is 32.1. The van der Waals surface area contributed by atoms with Gasteiger partial charge in [0.05, 0.1) is 56.3 Å². The normalized spacial score (nSPS) is 15.0. The molecular formula is C21H26N5O2S+. The zero-order chi connectivity index (χ0) is 20.5. The molecule has 29 heavy (non-hydrogen) atoms. The molecule has 1 aliphatic rings. The van der Waals surface area contributed by atoms with E-state index in [1.807, 2.05) is 38.1 Å². The number of aromatic nitrogens is 2. The summed E-state index contributed by atoms with van der Waals surface area (Å²) in [5.41, 5.74) is 1.58. The summed E-state index contributed by atoms with van der Waals surface area (Å²) >= 11 is 1.42. The summed E-state index contributed by atoms with van der Waals surface area (Å²) in [5.74, 6) is 2.17. The molecule has 0 bridgehead atoms. The van der Waals surface area contributed by atoms with Crippen LogP contribution >= 0.6 is 11.3 Å². The van der Waals surface area contributed by atoms with Crippen molar-refractivity contribution in [1.82, 2.24) is 9.97 Å².